The van der Waals surface area contributed by atoms with E-state index in [1.807, 2.05) is 48.5 Å². The van der Waals surface area contributed by atoms with Crippen molar-refractivity contribution in [2.45, 2.75) is 0 Å². The van der Waals surface area contributed by atoms with Crippen LogP contribution in [0.1, 0.15) is 0 Å². The highest BCUT2D eigenvalue weighted by Gasteiger charge is 2.06. The molecule has 0 spiro atoms. The van der Waals surface area contributed by atoms with Crippen LogP contribution in [-0.2, 0) is 0 Å². The molecule has 0 amide bonds. The van der Waals surface area contributed by atoms with Gasteiger partial charge in [0.15, 0.2) is 0 Å². The van der Waals surface area contributed by atoms with E-state index in [-0.39, 0.29) is 5.56 Å². The largest absolute Gasteiger partial charge is 0.321 e. The van der Waals surface area contributed by atoms with Gasteiger partial charge in [-0.2, -0.15) is 0 Å². The van der Waals surface area contributed by atoms with E-state index >= 15 is 0 Å². The van der Waals surface area contributed by atoms with E-state index in [0.717, 1.165) is 37.3 Å². The SMILES string of the molecule is O=c1[nH]c2ccc(-c3cccc(Br)c3)cc2c2ccccc12. The molecule has 4 rings (SSSR count). The minimum atomic E-state index is -0.0432. The molecule has 3 heteroatoms. The number of aromatic amines is 1. The maximum Gasteiger partial charge on any atom is 0.256 e. The molecule has 1 N–H and O–H groups in total. The normalized spacial score (nSPS) is 11.1. The average Bonchev–Trinajstić information content (AvgIpc) is 2.55. The minimum Gasteiger partial charge on any atom is -0.321 e. The van der Waals surface area contributed by atoms with Gasteiger partial charge in [-0.1, -0.05) is 52.3 Å². The summed E-state index contributed by atoms with van der Waals surface area (Å²) in [4.78, 5) is 15.1. The molecule has 0 fully saturated rings. The van der Waals surface area contributed by atoms with Crippen LogP contribution >= 0.6 is 15.9 Å². The summed E-state index contributed by atoms with van der Waals surface area (Å²) in [5.41, 5.74) is 3.10. The molecule has 0 atom stereocenters. The van der Waals surface area contributed by atoms with Gasteiger partial charge in [0.05, 0.1) is 0 Å². The van der Waals surface area contributed by atoms with E-state index in [1.54, 1.807) is 0 Å². The summed E-state index contributed by atoms with van der Waals surface area (Å²) < 4.78 is 1.05. The third-order valence-corrected chi connectivity index (χ3v) is 4.38. The van der Waals surface area contributed by atoms with Crippen LogP contribution in [0, 0.1) is 0 Å². The van der Waals surface area contributed by atoms with Crippen LogP contribution in [-0.4, -0.2) is 4.98 Å². The maximum absolute atomic E-state index is 12.1. The van der Waals surface area contributed by atoms with Gasteiger partial charge in [-0.25, -0.2) is 0 Å². The van der Waals surface area contributed by atoms with Crippen LogP contribution < -0.4 is 5.56 Å². The fraction of sp³-hybridized carbons (Fsp3) is 0. The Kier molecular flexibility index (Phi) is 3.09. The number of hydrogen-bond acceptors (Lipinski definition) is 1. The van der Waals surface area contributed by atoms with Crippen molar-refractivity contribution >= 4 is 37.6 Å². The summed E-state index contributed by atoms with van der Waals surface area (Å²) in [5.74, 6) is 0. The van der Waals surface area contributed by atoms with Crippen molar-refractivity contribution in [3.63, 3.8) is 0 Å². The highest BCUT2D eigenvalue weighted by molar-refractivity contribution is 9.10. The quantitative estimate of drug-likeness (QED) is 0.476. The first-order chi connectivity index (χ1) is 10.7. The third-order valence-electron chi connectivity index (χ3n) is 3.89. The Morgan fingerprint density at radius 2 is 1.50 bits per heavy atom. The number of rotatable bonds is 1. The Morgan fingerprint density at radius 3 is 2.32 bits per heavy atom. The van der Waals surface area contributed by atoms with E-state index in [9.17, 15) is 4.79 Å². The highest BCUT2D eigenvalue weighted by atomic mass is 79.9. The molecule has 106 valence electrons. The number of H-pyrrole nitrogens is 1. The smallest absolute Gasteiger partial charge is 0.256 e. The van der Waals surface area contributed by atoms with Gasteiger partial charge in [-0.05, 0) is 46.8 Å². The molecule has 2 nitrogen and oxygen atoms in total. The summed E-state index contributed by atoms with van der Waals surface area (Å²) in [7, 11) is 0. The molecule has 22 heavy (non-hydrogen) atoms. The van der Waals surface area contributed by atoms with Crippen molar-refractivity contribution in [2.24, 2.45) is 0 Å². The van der Waals surface area contributed by atoms with E-state index in [0.29, 0.717) is 0 Å². The Hall–Kier alpha value is -2.39. The molecule has 1 aromatic heterocycles. The molecule has 3 aromatic carbocycles. The zero-order valence-electron chi connectivity index (χ0n) is 11.6. The Bertz CT molecular complexity index is 1070. The molecular formula is C19H12BrNO. The number of fused-ring (bicyclic) bond motifs is 3. The first-order valence-electron chi connectivity index (χ1n) is 7.03. The first-order valence-corrected chi connectivity index (χ1v) is 7.82. The molecule has 0 saturated heterocycles. The molecule has 0 radical (unpaired) electrons. The lowest BCUT2D eigenvalue weighted by molar-refractivity contribution is 1.34. The minimum absolute atomic E-state index is 0.0432. The molecule has 0 aliphatic rings. The molecule has 0 aliphatic carbocycles. The van der Waals surface area contributed by atoms with Crippen molar-refractivity contribution in [3.05, 3.63) is 81.6 Å². The van der Waals surface area contributed by atoms with Crippen molar-refractivity contribution in [1.82, 2.24) is 4.98 Å². The standard InChI is InChI=1S/C19H12BrNO/c20-14-5-3-4-12(10-14)13-8-9-18-17(11-13)15-6-1-2-7-16(15)19(22)21-18/h1-11H,(H,21,22). The van der Waals surface area contributed by atoms with E-state index in [2.05, 4.69) is 39.1 Å². The van der Waals surface area contributed by atoms with E-state index < -0.39 is 0 Å². The number of pyridine rings is 1. The highest BCUT2D eigenvalue weighted by Crippen LogP contribution is 2.28. The predicted molar refractivity (Wildman–Crippen MR) is 95.2 cm³/mol. The lowest BCUT2D eigenvalue weighted by atomic mass is 10.0. The Morgan fingerprint density at radius 1 is 0.727 bits per heavy atom. The van der Waals surface area contributed by atoms with Gasteiger partial charge < -0.3 is 4.98 Å². The summed E-state index contributed by atoms with van der Waals surface area (Å²) in [5, 5.41) is 2.77. The van der Waals surface area contributed by atoms with Crippen molar-refractivity contribution in [2.75, 3.05) is 0 Å². The molecule has 0 saturated carbocycles. The molecule has 0 bridgehead atoms. The molecule has 0 unspecified atom stereocenters. The predicted octanol–water partition coefficient (Wildman–Crippen LogP) is 5.11. The van der Waals surface area contributed by atoms with Gasteiger partial charge in [0.25, 0.3) is 5.56 Å². The topological polar surface area (TPSA) is 32.9 Å². The second-order valence-electron chi connectivity index (χ2n) is 5.27. The Balaban J connectivity index is 2.07. The van der Waals surface area contributed by atoms with Gasteiger partial charge in [0.2, 0.25) is 0 Å². The fourth-order valence-electron chi connectivity index (χ4n) is 2.83. The number of aromatic nitrogens is 1. The fourth-order valence-corrected chi connectivity index (χ4v) is 3.23. The van der Waals surface area contributed by atoms with Gasteiger partial charge in [0.1, 0.15) is 0 Å². The maximum atomic E-state index is 12.1. The summed E-state index contributed by atoms with van der Waals surface area (Å²) in [6, 6.07) is 22.1. The zero-order chi connectivity index (χ0) is 15.1. The van der Waals surface area contributed by atoms with Crippen molar-refractivity contribution < 1.29 is 0 Å². The lowest BCUT2D eigenvalue weighted by Gasteiger charge is -2.07. The Labute approximate surface area is 135 Å². The molecular weight excluding hydrogens is 338 g/mol. The first kappa shape index (κ1) is 13.3. The zero-order valence-corrected chi connectivity index (χ0v) is 13.2. The van der Waals surface area contributed by atoms with Crippen LogP contribution in [0.5, 0.6) is 0 Å². The lowest BCUT2D eigenvalue weighted by Crippen LogP contribution is -2.05. The van der Waals surface area contributed by atoms with Crippen LogP contribution in [0.2, 0.25) is 0 Å². The van der Waals surface area contributed by atoms with Crippen LogP contribution in [0.15, 0.2) is 76.0 Å². The van der Waals surface area contributed by atoms with E-state index in [1.165, 1.54) is 0 Å². The van der Waals surface area contributed by atoms with Crippen LogP contribution in [0.4, 0.5) is 0 Å². The molecule has 1 heterocycles. The number of hydrogen-bond donors (Lipinski definition) is 1. The van der Waals surface area contributed by atoms with Gasteiger partial charge in [-0.3, -0.25) is 4.79 Å². The summed E-state index contributed by atoms with van der Waals surface area (Å²) in [6.07, 6.45) is 0. The molecule has 4 aromatic rings. The summed E-state index contributed by atoms with van der Waals surface area (Å²) >= 11 is 3.51. The number of benzene rings is 3. The molecule has 0 aliphatic heterocycles. The van der Waals surface area contributed by atoms with Crippen molar-refractivity contribution in [3.8, 4) is 11.1 Å². The van der Waals surface area contributed by atoms with Gasteiger partial charge in [-0.15, -0.1) is 0 Å². The van der Waals surface area contributed by atoms with Gasteiger partial charge in [0, 0.05) is 20.8 Å². The monoisotopic (exact) mass is 349 g/mol. The van der Waals surface area contributed by atoms with Gasteiger partial charge >= 0.3 is 0 Å². The van der Waals surface area contributed by atoms with E-state index in [4.69, 9.17) is 0 Å². The number of nitrogens with one attached hydrogen (secondary N) is 1. The summed E-state index contributed by atoms with van der Waals surface area (Å²) in [6.45, 7) is 0. The van der Waals surface area contributed by atoms with Crippen LogP contribution in [0.3, 0.4) is 0 Å². The van der Waals surface area contributed by atoms with Crippen molar-refractivity contribution in [1.29, 1.82) is 0 Å². The van der Waals surface area contributed by atoms with Crippen LogP contribution in [0.25, 0.3) is 32.8 Å². The second kappa shape index (κ2) is 5.11. The third kappa shape index (κ3) is 2.14. The average molecular weight is 350 g/mol. The number of halogens is 1. The second-order valence-corrected chi connectivity index (χ2v) is 6.19.